The number of amides is 1. The lowest BCUT2D eigenvalue weighted by molar-refractivity contribution is -0.116. The molecule has 2 atom stereocenters. The Morgan fingerprint density at radius 2 is 1.92 bits per heavy atom. The molecule has 0 spiro atoms. The highest BCUT2D eigenvalue weighted by molar-refractivity contribution is 7.80. The monoisotopic (exact) mass is 525 g/mol. The van der Waals surface area contributed by atoms with Crippen LogP contribution in [0.2, 0.25) is 0 Å². The van der Waals surface area contributed by atoms with Crippen LogP contribution in [-0.4, -0.2) is 39.1 Å². The van der Waals surface area contributed by atoms with Gasteiger partial charge in [0.15, 0.2) is 5.11 Å². The molecular weight excluding hydrogens is 494 g/mol. The largest absolute Gasteiger partial charge is 0.497 e. The maximum Gasteiger partial charge on any atom is 0.226 e. The Hall–Kier alpha value is -4.17. The molecule has 8 heteroatoms. The molecule has 7 nitrogen and oxygen atoms in total. The standard InChI is InChI=1S/C30H31N5O2S/c1-3-21-10-4-5-13-24(21)32-27(36)16-19-35-29(28(33-30(35)38)25-14-6-7-17-31-25)26-15-9-18-34(26)22-11-8-12-23(20-22)37-2/h4-15,17-18,20,28-29H,3,16,19H2,1-2H3,(H,32,36)(H,33,38)/t28-,29+/m0/s1. The number of rotatable bonds is 9. The molecule has 1 aliphatic rings. The van der Waals surface area contributed by atoms with Gasteiger partial charge in [0.05, 0.1) is 24.9 Å². The fraction of sp³-hybridized carbons (Fsp3) is 0.233. The summed E-state index contributed by atoms with van der Waals surface area (Å²) in [6, 6.07) is 25.5. The van der Waals surface area contributed by atoms with Gasteiger partial charge < -0.3 is 24.8 Å². The zero-order chi connectivity index (χ0) is 26.5. The highest BCUT2D eigenvalue weighted by atomic mass is 32.1. The number of nitrogens with zero attached hydrogens (tertiary/aromatic N) is 3. The van der Waals surface area contributed by atoms with E-state index in [1.165, 1.54) is 0 Å². The molecule has 1 amide bonds. The van der Waals surface area contributed by atoms with Crippen molar-refractivity contribution in [2.75, 3.05) is 19.0 Å². The van der Waals surface area contributed by atoms with Gasteiger partial charge in [0.1, 0.15) is 5.75 Å². The van der Waals surface area contributed by atoms with Gasteiger partial charge in [-0.05, 0) is 66.7 Å². The number of anilines is 1. The number of nitrogens with one attached hydrogen (secondary N) is 2. The predicted octanol–water partition coefficient (Wildman–Crippen LogP) is 5.44. The Labute approximate surface area is 228 Å². The third kappa shape index (κ3) is 5.26. The van der Waals surface area contributed by atoms with E-state index in [1.54, 1.807) is 13.3 Å². The summed E-state index contributed by atoms with van der Waals surface area (Å²) in [5.41, 5.74) is 4.89. The number of thiocarbonyl (C=S) groups is 1. The van der Waals surface area contributed by atoms with E-state index in [-0.39, 0.29) is 18.0 Å². The Kier molecular flexibility index (Phi) is 7.70. The van der Waals surface area contributed by atoms with Crippen molar-refractivity contribution < 1.29 is 9.53 Å². The van der Waals surface area contributed by atoms with E-state index < -0.39 is 0 Å². The first kappa shape index (κ1) is 25.5. The first-order valence-corrected chi connectivity index (χ1v) is 13.2. The van der Waals surface area contributed by atoms with Crippen LogP contribution >= 0.6 is 12.2 Å². The maximum absolute atomic E-state index is 13.0. The molecule has 38 heavy (non-hydrogen) atoms. The molecule has 0 bridgehead atoms. The summed E-state index contributed by atoms with van der Waals surface area (Å²) in [6.45, 7) is 2.54. The van der Waals surface area contributed by atoms with Gasteiger partial charge in [0.2, 0.25) is 5.91 Å². The molecule has 0 radical (unpaired) electrons. The van der Waals surface area contributed by atoms with E-state index in [1.807, 2.05) is 79.0 Å². The number of aryl methyl sites for hydroxylation is 1. The van der Waals surface area contributed by atoms with E-state index in [4.69, 9.17) is 17.0 Å². The molecule has 0 aliphatic carbocycles. The van der Waals surface area contributed by atoms with Gasteiger partial charge in [0.25, 0.3) is 0 Å². The average Bonchev–Trinajstić information content (AvgIpc) is 3.57. The lowest BCUT2D eigenvalue weighted by Gasteiger charge is -2.29. The molecule has 2 aromatic heterocycles. The lowest BCUT2D eigenvalue weighted by Crippen LogP contribution is -2.33. The molecule has 4 aromatic rings. The third-order valence-electron chi connectivity index (χ3n) is 6.86. The van der Waals surface area contributed by atoms with E-state index >= 15 is 0 Å². The molecule has 0 saturated carbocycles. The van der Waals surface area contributed by atoms with Gasteiger partial charge in [0, 0.05) is 48.5 Å². The number of carbonyl (C=O) groups excluding carboxylic acids is 1. The van der Waals surface area contributed by atoms with Gasteiger partial charge in [-0.15, -0.1) is 0 Å². The number of methoxy groups -OCH3 is 1. The van der Waals surface area contributed by atoms with Crippen molar-refractivity contribution in [2.24, 2.45) is 0 Å². The van der Waals surface area contributed by atoms with Crippen molar-refractivity contribution >= 4 is 28.9 Å². The van der Waals surface area contributed by atoms with Crippen molar-refractivity contribution in [2.45, 2.75) is 31.8 Å². The molecule has 2 aromatic carbocycles. The van der Waals surface area contributed by atoms with Gasteiger partial charge in [-0.25, -0.2) is 0 Å². The number of hydrogen-bond acceptors (Lipinski definition) is 4. The van der Waals surface area contributed by atoms with Crippen LogP contribution in [0.5, 0.6) is 5.75 Å². The SMILES string of the molecule is CCc1ccccc1NC(=O)CCN1C(=S)N[C@@H](c2ccccn2)[C@H]1c1cccn1-c1cccc(OC)c1. The van der Waals surface area contributed by atoms with Gasteiger partial charge in [-0.3, -0.25) is 9.78 Å². The van der Waals surface area contributed by atoms with Crippen LogP contribution in [-0.2, 0) is 11.2 Å². The Balaban J connectivity index is 1.44. The molecule has 1 aliphatic heterocycles. The van der Waals surface area contributed by atoms with E-state index in [2.05, 4.69) is 38.1 Å². The van der Waals surface area contributed by atoms with Crippen molar-refractivity contribution in [3.05, 3.63) is 108 Å². The predicted molar refractivity (Wildman–Crippen MR) is 154 cm³/mol. The normalized spacial score (nSPS) is 16.8. The summed E-state index contributed by atoms with van der Waals surface area (Å²) < 4.78 is 7.61. The average molecular weight is 526 g/mol. The van der Waals surface area contributed by atoms with E-state index in [9.17, 15) is 4.79 Å². The number of ether oxygens (including phenoxy) is 1. The number of para-hydroxylation sites is 1. The molecule has 5 rings (SSSR count). The van der Waals surface area contributed by atoms with Gasteiger partial charge in [-0.1, -0.05) is 37.3 Å². The van der Waals surface area contributed by atoms with Crippen molar-refractivity contribution in [3.63, 3.8) is 0 Å². The minimum Gasteiger partial charge on any atom is -0.497 e. The second kappa shape index (κ2) is 11.5. The zero-order valence-electron chi connectivity index (χ0n) is 21.5. The van der Waals surface area contributed by atoms with E-state index in [0.717, 1.165) is 40.5 Å². The summed E-state index contributed by atoms with van der Waals surface area (Å²) in [6.07, 6.45) is 4.98. The van der Waals surface area contributed by atoms with Crippen LogP contribution in [0.1, 0.15) is 42.4 Å². The molecule has 2 N–H and O–H groups in total. The summed E-state index contributed by atoms with van der Waals surface area (Å²) in [4.78, 5) is 19.8. The quantitative estimate of drug-likeness (QED) is 0.284. The summed E-state index contributed by atoms with van der Waals surface area (Å²) >= 11 is 5.82. The van der Waals surface area contributed by atoms with Crippen LogP contribution in [0.25, 0.3) is 5.69 Å². The number of pyridine rings is 1. The first-order valence-electron chi connectivity index (χ1n) is 12.8. The summed E-state index contributed by atoms with van der Waals surface area (Å²) in [5.74, 6) is 0.737. The molecule has 0 unspecified atom stereocenters. The van der Waals surface area contributed by atoms with Crippen LogP contribution in [0, 0.1) is 0 Å². The zero-order valence-corrected chi connectivity index (χ0v) is 22.3. The molecule has 1 fully saturated rings. The van der Waals surface area contributed by atoms with Gasteiger partial charge >= 0.3 is 0 Å². The molecule has 3 heterocycles. The fourth-order valence-electron chi connectivity index (χ4n) is 4.98. The number of aromatic nitrogens is 2. The summed E-state index contributed by atoms with van der Waals surface area (Å²) in [5, 5.41) is 7.16. The highest BCUT2D eigenvalue weighted by Gasteiger charge is 2.41. The lowest BCUT2D eigenvalue weighted by atomic mass is 10.0. The van der Waals surface area contributed by atoms with E-state index in [0.29, 0.717) is 18.1 Å². The van der Waals surface area contributed by atoms with Crippen LogP contribution < -0.4 is 15.4 Å². The minimum absolute atomic E-state index is 0.0445. The number of carbonyl (C=O) groups is 1. The fourth-order valence-corrected chi connectivity index (χ4v) is 5.32. The van der Waals surface area contributed by atoms with Crippen molar-refractivity contribution in [3.8, 4) is 11.4 Å². The highest BCUT2D eigenvalue weighted by Crippen LogP contribution is 2.39. The van der Waals surface area contributed by atoms with Gasteiger partial charge in [-0.2, -0.15) is 0 Å². The second-order valence-corrected chi connectivity index (χ2v) is 9.52. The van der Waals surface area contributed by atoms with Crippen LogP contribution in [0.3, 0.4) is 0 Å². The van der Waals surface area contributed by atoms with Crippen molar-refractivity contribution in [1.29, 1.82) is 0 Å². The minimum atomic E-state index is -0.174. The van der Waals surface area contributed by atoms with Crippen LogP contribution in [0.15, 0.2) is 91.3 Å². The third-order valence-corrected chi connectivity index (χ3v) is 7.22. The Morgan fingerprint density at radius 1 is 1.08 bits per heavy atom. The number of hydrogen-bond donors (Lipinski definition) is 2. The first-order chi connectivity index (χ1) is 18.6. The second-order valence-electron chi connectivity index (χ2n) is 9.13. The Bertz CT molecular complexity index is 1420. The molecular formula is C30H31N5O2S. The van der Waals surface area contributed by atoms with Crippen molar-refractivity contribution in [1.82, 2.24) is 19.8 Å². The van der Waals surface area contributed by atoms with Crippen LogP contribution in [0.4, 0.5) is 5.69 Å². The summed E-state index contributed by atoms with van der Waals surface area (Å²) in [7, 11) is 1.66. The molecule has 194 valence electrons. The Morgan fingerprint density at radius 3 is 2.71 bits per heavy atom. The molecule has 1 saturated heterocycles. The smallest absolute Gasteiger partial charge is 0.226 e. The number of benzene rings is 2. The topological polar surface area (TPSA) is 71.4 Å². The maximum atomic E-state index is 13.0.